The Bertz CT molecular complexity index is 666. The summed E-state index contributed by atoms with van der Waals surface area (Å²) in [6.07, 6.45) is 5.85. The molecule has 1 aromatic carbocycles. The van der Waals surface area contributed by atoms with Gasteiger partial charge in [-0.25, -0.2) is 4.39 Å². The zero-order valence-corrected chi connectivity index (χ0v) is 14.6. The lowest BCUT2D eigenvalue weighted by Crippen LogP contribution is -2.43. The van der Waals surface area contributed by atoms with Gasteiger partial charge in [0.2, 0.25) is 0 Å². The van der Waals surface area contributed by atoms with Crippen LogP contribution in [0, 0.1) is 5.82 Å². The third kappa shape index (κ3) is 4.08. The first kappa shape index (κ1) is 17.2. The fourth-order valence-electron chi connectivity index (χ4n) is 3.16. The van der Waals surface area contributed by atoms with Crippen molar-refractivity contribution < 1.29 is 13.9 Å². The normalized spacial score (nSPS) is 20.2. The first-order valence-corrected chi connectivity index (χ1v) is 9.58. The van der Waals surface area contributed by atoms with E-state index < -0.39 is 0 Å². The van der Waals surface area contributed by atoms with Crippen LogP contribution in [0.15, 0.2) is 47.2 Å². The lowest BCUT2D eigenvalue weighted by molar-refractivity contribution is -0.120. The van der Waals surface area contributed by atoms with Crippen molar-refractivity contribution in [2.75, 3.05) is 25.2 Å². The number of benzene rings is 1. The summed E-state index contributed by atoms with van der Waals surface area (Å²) in [7, 11) is 0. The molecule has 3 rings (SSSR count). The molecule has 0 saturated heterocycles. The molecule has 3 nitrogen and oxygen atoms in total. The molecule has 1 atom stereocenters. The van der Waals surface area contributed by atoms with Crippen LogP contribution in [-0.2, 0) is 16.0 Å². The summed E-state index contributed by atoms with van der Waals surface area (Å²) < 4.78 is 18.7. The highest BCUT2D eigenvalue weighted by atomic mass is 32.2. The number of carbonyl (C=O) groups is 1. The lowest BCUT2D eigenvalue weighted by atomic mass is 9.85. The van der Waals surface area contributed by atoms with E-state index in [-0.39, 0.29) is 17.6 Å². The van der Waals surface area contributed by atoms with E-state index in [0.29, 0.717) is 26.0 Å². The molecule has 0 aliphatic carbocycles. The van der Waals surface area contributed by atoms with Crippen LogP contribution in [0.5, 0.6) is 0 Å². The van der Waals surface area contributed by atoms with E-state index in [9.17, 15) is 9.18 Å². The molecule has 0 radical (unpaired) electrons. The number of halogens is 1. The van der Waals surface area contributed by atoms with Gasteiger partial charge in [0.15, 0.2) is 5.78 Å². The smallest absolute Gasteiger partial charge is 0.150 e. The predicted octanol–water partition coefficient (Wildman–Crippen LogP) is 3.26. The van der Waals surface area contributed by atoms with E-state index in [4.69, 9.17) is 4.74 Å². The van der Waals surface area contributed by atoms with Crippen molar-refractivity contribution in [1.29, 1.82) is 0 Å². The van der Waals surface area contributed by atoms with E-state index in [1.165, 1.54) is 23.3 Å². The molecule has 0 saturated carbocycles. The summed E-state index contributed by atoms with van der Waals surface area (Å²) in [4.78, 5) is 12.3. The van der Waals surface area contributed by atoms with Crippen molar-refractivity contribution in [3.8, 4) is 0 Å². The summed E-state index contributed by atoms with van der Waals surface area (Å²) in [6, 6.07) is 6.45. The predicted molar refractivity (Wildman–Crippen MR) is 95.6 cm³/mol. The standard InChI is InChI=1S/C19H22FNO2S/c1-24-7-6-19(22)18-9-17-14(11-23-12-15(17)10-21-18)8-13-2-4-16(20)5-3-13/h2-5,11,18,21H,6-10,12H2,1H3. The van der Waals surface area contributed by atoms with Crippen molar-refractivity contribution in [3.63, 3.8) is 0 Å². The Hall–Kier alpha value is -1.59. The van der Waals surface area contributed by atoms with Crippen LogP contribution in [0.2, 0.25) is 0 Å². The second-order valence-corrected chi connectivity index (χ2v) is 7.17. The summed E-state index contributed by atoms with van der Waals surface area (Å²) in [6.45, 7) is 1.28. The van der Waals surface area contributed by atoms with Crippen LogP contribution >= 0.6 is 11.8 Å². The number of ketones is 1. The van der Waals surface area contributed by atoms with Crippen molar-refractivity contribution in [1.82, 2.24) is 5.32 Å². The molecular weight excluding hydrogens is 325 g/mol. The molecule has 0 bridgehead atoms. The van der Waals surface area contributed by atoms with Gasteiger partial charge < -0.3 is 10.1 Å². The van der Waals surface area contributed by atoms with Gasteiger partial charge in [0.05, 0.1) is 12.3 Å². The Kier molecular flexibility index (Phi) is 5.74. The van der Waals surface area contributed by atoms with E-state index in [2.05, 4.69) is 5.32 Å². The van der Waals surface area contributed by atoms with Gasteiger partial charge in [-0.2, -0.15) is 11.8 Å². The van der Waals surface area contributed by atoms with Crippen molar-refractivity contribution in [2.24, 2.45) is 0 Å². The molecule has 0 fully saturated rings. The Morgan fingerprint density at radius 3 is 2.92 bits per heavy atom. The van der Waals surface area contributed by atoms with Crippen LogP contribution in [0.25, 0.3) is 0 Å². The molecule has 2 aliphatic rings. The van der Waals surface area contributed by atoms with Gasteiger partial charge in [-0.3, -0.25) is 4.79 Å². The average molecular weight is 347 g/mol. The number of hydrogen-bond acceptors (Lipinski definition) is 4. The number of thioether (sulfide) groups is 1. The molecule has 0 amide bonds. The minimum Gasteiger partial charge on any atom is -0.496 e. The van der Waals surface area contributed by atoms with Gasteiger partial charge in [-0.15, -0.1) is 0 Å². The Morgan fingerprint density at radius 1 is 1.38 bits per heavy atom. The maximum atomic E-state index is 13.1. The van der Waals surface area contributed by atoms with Gasteiger partial charge in [0, 0.05) is 19.4 Å². The molecule has 5 heteroatoms. The average Bonchev–Trinajstić information content (AvgIpc) is 2.61. The number of Topliss-reactive ketones (excluding diaryl/α,β-unsaturated/α-hetero) is 1. The zero-order valence-electron chi connectivity index (χ0n) is 13.8. The van der Waals surface area contributed by atoms with Crippen LogP contribution in [0.3, 0.4) is 0 Å². The zero-order chi connectivity index (χ0) is 16.9. The molecule has 2 aliphatic heterocycles. The molecule has 128 valence electrons. The van der Waals surface area contributed by atoms with Gasteiger partial charge in [-0.05, 0) is 52.8 Å². The third-order valence-electron chi connectivity index (χ3n) is 4.52. The maximum Gasteiger partial charge on any atom is 0.150 e. The van der Waals surface area contributed by atoms with Crippen LogP contribution in [0.4, 0.5) is 4.39 Å². The highest BCUT2D eigenvalue weighted by Gasteiger charge is 2.29. The van der Waals surface area contributed by atoms with E-state index >= 15 is 0 Å². The summed E-state index contributed by atoms with van der Waals surface area (Å²) >= 11 is 1.70. The van der Waals surface area contributed by atoms with Crippen LogP contribution in [-0.4, -0.2) is 37.0 Å². The quantitative estimate of drug-likeness (QED) is 0.857. The van der Waals surface area contributed by atoms with Gasteiger partial charge >= 0.3 is 0 Å². The topological polar surface area (TPSA) is 38.3 Å². The Morgan fingerprint density at radius 2 is 2.17 bits per heavy atom. The van der Waals surface area contributed by atoms with E-state index in [1.54, 1.807) is 30.2 Å². The molecule has 24 heavy (non-hydrogen) atoms. The summed E-state index contributed by atoms with van der Waals surface area (Å²) in [5.74, 6) is 0.919. The van der Waals surface area contributed by atoms with Crippen LogP contribution in [0.1, 0.15) is 18.4 Å². The number of hydrogen-bond donors (Lipinski definition) is 1. The number of carbonyl (C=O) groups excluding carboxylic acids is 1. The largest absolute Gasteiger partial charge is 0.496 e. The Balaban J connectivity index is 1.72. The number of allylic oxidation sites excluding steroid dienone is 1. The highest BCUT2D eigenvalue weighted by molar-refractivity contribution is 7.98. The highest BCUT2D eigenvalue weighted by Crippen LogP contribution is 2.30. The van der Waals surface area contributed by atoms with Gasteiger partial charge in [0.25, 0.3) is 0 Å². The minimum absolute atomic E-state index is 0.106. The molecule has 1 aromatic rings. The van der Waals surface area contributed by atoms with E-state index in [1.807, 2.05) is 6.26 Å². The second-order valence-electron chi connectivity index (χ2n) is 6.19. The molecule has 0 aromatic heterocycles. The number of nitrogens with one attached hydrogen (secondary N) is 1. The van der Waals surface area contributed by atoms with Gasteiger partial charge in [0.1, 0.15) is 12.4 Å². The molecule has 1 N–H and O–H groups in total. The summed E-state index contributed by atoms with van der Waals surface area (Å²) in [5.41, 5.74) is 4.62. The molecule has 0 spiro atoms. The fraction of sp³-hybridized carbons (Fsp3) is 0.421. The second kappa shape index (κ2) is 7.99. The van der Waals surface area contributed by atoms with Crippen molar-refractivity contribution >= 4 is 17.5 Å². The Labute approximate surface area is 146 Å². The summed E-state index contributed by atoms with van der Waals surface area (Å²) in [5, 5.41) is 3.35. The number of ether oxygens (including phenoxy) is 1. The van der Waals surface area contributed by atoms with Crippen molar-refractivity contribution in [2.45, 2.75) is 25.3 Å². The number of rotatable bonds is 6. The SMILES string of the molecule is CSCCC(=O)C1CC2=C(CN1)COC=C2Cc1ccc(F)cc1. The first-order valence-electron chi connectivity index (χ1n) is 8.18. The van der Waals surface area contributed by atoms with Crippen molar-refractivity contribution in [3.05, 3.63) is 58.6 Å². The van der Waals surface area contributed by atoms with Crippen LogP contribution < -0.4 is 5.32 Å². The minimum atomic E-state index is -0.228. The lowest BCUT2D eigenvalue weighted by Gasteiger charge is -2.31. The fourth-order valence-corrected chi connectivity index (χ4v) is 3.56. The maximum absolute atomic E-state index is 13.1. The molecule has 1 unspecified atom stereocenters. The third-order valence-corrected chi connectivity index (χ3v) is 5.13. The first-order chi connectivity index (χ1) is 11.7. The van der Waals surface area contributed by atoms with Gasteiger partial charge in [-0.1, -0.05) is 12.1 Å². The molecule has 2 heterocycles. The molecular formula is C19H22FNO2S. The van der Waals surface area contributed by atoms with E-state index in [0.717, 1.165) is 23.3 Å². The monoisotopic (exact) mass is 347 g/mol.